The highest BCUT2D eigenvalue weighted by atomic mass is 32.1. The van der Waals surface area contributed by atoms with Gasteiger partial charge in [-0.1, -0.05) is 60.7 Å². The third kappa shape index (κ3) is 5.07. The first kappa shape index (κ1) is 18.0. The third-order valence-corrected chi connectivity index (χ3v) is 5.09. The normalized spacial score (nSPS) is 12.2. The maximum atomic E-state index is 10.8. The highest BCUT2D eigenvalue weighted by molar-refractivity contribution is 7.12. The Hall–Kier alpha value is -2.85. The summed E-state index contributed by atoms with van der Waals surface area (Å²) in [6.07, 6.45) is 4.88. The van der Waals surface area contributed by atoms with Crippen LogP contribution in [-0.4, -0.2) is 12.1 Å². The van der Waals surface area contributed by atoms with E-state index in [4.69, 9.17) is 5.73 Å². The molecule has 0 aliphatic carbocycles. The quantitative estimate of drug-likeness (QED) is 0.631. The summed E-state index contributed by atoms with van der Waals surface area (Å²) in [5, 5.41) is 2.64. The Morgan fingerprint density at radius 3 is 2.42 bits per heavy atom. The number of thiophene rings is 1. The highest BCUT2D eigenvalue weighted by Crippen LogP contribution is 2.24. The molecule has 0 radical (unpaired) electrons. The second-order valence-corrected chi connectivity index (χ2v) is 7.40. The van der Waals surface area contributed by atoms with Crippen LogP contribution in [-0.2, 0) is 6.42 Å². The van der Waals surface area contributed by atoms with E-state index in [0.717, 1.165) is 6.42 Å². The van der Waals surface area contributed by atoms with Crippen molar-refractivity contribution < 1.29 is 4.79 Å². The van der Waals surface area contributed by atoms with E-state index in [2.05, 4.69) is 66.0 Å². The summed E-state index contributed by atoms with van der Waals surface area (Å²) >= 11 is 1.76. The predicted octanol–water partition coefficient (Wildman–Crippen LogP) is 5.08. The molecule has 0 saturated heterocycles. The summed E-state index contributed by atoms with van der Waals surface area (Å²) in [6, 6.07) is 22.8. The van der Waals surface area contributed by atoms with Crippen molar-refractivity contribution in [2.45, 2.75) is 19.4 Å². The van der Waals surface area contributed by atoms with Gasteiger partial charge in [0.15, 0.2) is 0 Å². The Morgan fingerprint density at radius 2 is 1.73 bits per heavy atom. The van der Waals surface area contributed by atoms with Crippen LogP contribution in [0.15, 0.2) is 72.8 Å². The number of nitrogens with two attached hydrogens (primary N) is 1. The zero-order valence-electron chi connectivity index (χ0n) is 14.7. The van der Waals surface area contributed by atoms with E-state index in [1.54, 1.807) is 11.3 Å². The molecular weight excluding hydrogens is 340 g/mol. The monoisotopic (exact) mass is 362 g/mol. The number of rotatable bonds is 6. The van der Waals surface area contributed by atoms with Crippen LogP contribution in [0.25, 0.3) is 17.2 Å². The van der Waals surface area contributed by atoms with E-state index >= 15 is 0 Å². The smallest absolute Gasteiger partial charge is 0.312 e. The fraction of sp³-hybridized carbons (Fsp3) is 0.136. The van der Waals surface area contributed by atoms with Gasteiger partial charge in [0.2, 0.25) is 0 Å². The molecule has 3 nitrogen and oxygen atoms in total. The van der Waals surface area contributed by atoms with E-state index < -0.39 is 6.03 Å². The first-order chi connectivity index (χ1) is 12.6. The molecule has 0 unspecified atom stereocenters. The average Bonchev–Trinajstić information content (AvgIpc) is 3.08. The van der Waals surface area contributed by atoms with Gasteiger partial charge in [0.25, 0.3) is 0 Å². The number of hydrogen-bond donors (Lipinski definition) is 2. The minimum atomic E-state index is -0.507. The lowest BCUT2D eigenvalue weighted by atomic mass is 10.0. The van der Waals surface area contributed by atoms with Gasteiger partial charge >= 0.3 is 6.03 Å². The highest BCUT2D eigenvalue weighted by Gasteiger charge is 2.03. The summed E-state index contributed by atoms with van der Waals surface area (Å²) in [4.78, 5) is 13.3. The largest absolute Gasteiger partial charge is 0.352 e. The lowest BCUT2D eigenvalue weighted by Crippen LogP contribution is -2.35. The molecular formula is C22H22N2OS. The summed E-state index contributed by atoms with van der Waals surface area (Å²) in [5.41, 5.74) is 8.89. The molecule has 1 heterocycles. The zero-order chi connectivity index (χ0) is 18.4. The fourth-order valence-electron chi connectivity index (χ4n) is 2.74. The minimum Gasteiger partial charge on any atom is -0.352 e. The molecule has 3 rings (SSSR count). The van der Waals surface area contributed by atoms with Crippen LogP contribution in [0.3, 0.4) is 0 Å². The van der Waals surface area contributed by atoms with Crippen molar-refractivity contribution >= 4 is 23.4 Å². The molecule has 3 aromatic rings. The molecule has 3 N–H and O–H groups in total. The number of nitrogens with one attached hydrogen (secondary N) is 1. The van der Waals surface area contributed by atoms with Crippen LogP contribution >= 0.6 is 11.3 Å². The maximum Gasteiger partial charge on any atom is 0.312 e. The van der Waals surface area contributed by atoms with Gasteiger partial charge in [-0.15, -0.1) is 11.3 Å². The molecule has 0 fully saturated rings. The van der Waals surface area contributed by atoms with Gasteiger partial charge in [0, 0.05) is 22.2 Å². The maximum absolute atomic E-state index is 10.8. The summed E-state index contributed by atoms with van der Waals surface area (Å²) < 4.78 is 0. The molecule has 0 aliphatic heterocycles. The Balaban J connectivity index is 1.62. The topological polar surface area (TPSA) is 55.1 Å². The number of urea groups is 1. The number of benzene rings is 2. The van der Waals surface area contributed by atoms with Crippen LogP contribution in [0.5, 0.6) is 0 Å². The second kappa shape index (κ2) is 8.50. The van der Waals surface area contributed by atoms with Crippen LogP contribution in [0.1, 0.15) is 22.2 Å². The minimum absolute atomic E-state index is 0.0800. The third-order valence-electron chi connectivity index (χ3n) is 4.04. The van der Waals surface area contributed by atoms with E-state index in [0.29, 0.717) is 0 Å². The molecule has 26 heavy (non-hydrogen) atoms. The van der Waals surface area contributed by atoms with Crippen molar-refractivity contribution in [1.82, 2.24) is 5.32 Å². The average molecular weight is 362 g/mol. The van der Waals surface area contributed by atoms with Crippen LogP contribution in [0.4, 0.5) is 4.79 Å². The molecule has 2 aromatic carbocycles. The lowest BCUT2D eigenvalue weighted by Gasteiger charge is -2.05. The van der Waals surface area contributed by atoms with E-state index in [-0.39, 0.29) is 6.04 Å². The van der Waals surface area contributed by atoms with Crippen molar-refractivity contribution in [3.05, 3.63) is 88.1 Å². The second-order valence-electron chi connectivity index (χ2n) is 6.20. The van der Waals surface area contributed by atoms with Crippen molar-refractivity contribution in [2.24, 2.45) is 5.73 Å². The summed E-state index contributed by atoms with van der Waals surface area (Å²) in [6.45, 7) is 1.89. The molecule has 0 saturated carbocycles. The number of amides is 2. The molecule has 0 spiro atoms. The van der Waals surface area contributed by atoms with Crippen LogP contribution in [0.2, 0.25) is 0 Å². The lowest BCUT2D eigenvalue weighted by molar-refractivity contribution is 0.247. The standard InChI is InChI=1S/C22H22N2OS/c1-16(24-22(23)25)7-12-20-13-14-21(26-20)15-17-8-10-19(11-9-17)18-5-3-2-4-6-18/h2-14,16H,15H2,1H3,(H3,23,24,25)/t16-/m1/s1. The Morgan fingerprint density at radius 1 is 1.04 bits per heavy atom. The number of hydrogen-bond acceptors (Lipinski definition) is 2. The first-order valence-electron chi connectivity index (χ1n) is 8.57. The van der Waals surface area contributed by atoms with Gasteiger partial charge in [-0.2, -0.15) is 0 Å². The van der Waals surface area contributed by atoms with Crippen molar-refractivity contribution in [2.75, 3.05) is 0 Å². The van der Waals surface area contributed by atoms with Gasteiger partial charge in [-0.05, 0) is 41.8 Å². The van der Waals surface area contributed by atoms with Gasteiger partial charge in [-0.3, -0.25) is 0 Å². The van der Waals surface area contributed by atoms with E-state index in [1.165, 1.54) is 26.4 Å². The Labute approximate surface area is 158 Å². The molecule has 1 aromatic heterocycles. The molecule has 0 aliphatic rings. The van der Waals surface area contributed by atoms with Gasteiger partial charge in [-0.25, -0.2) is 4.79 Å². The van der Waals surface area contributed by atoms with Crippen LogP contribution < -0.4 is 11.1 Å². The predicted molar refractivity (Wildman–Crippen MR) is 110 cm³/mol. The molecule has 4 heteroatoms. The zero-order valence-corrected chi connectivity index (χ0v) is 15.5. The SMILES string of the molecule is C[C@H](C=Cc1ccc(Cc2ccc(-c3ccccc3)cc2)s1)NC(N)=O. The van der Waals surface area contributed by atoms with Gasteiger partial charge < -0.3 is 11.1 Å². The van der Waals surface area contributed by atoms with E-state index in [1.807, 2.05) is 25.1 Å². The molecule has 0 bridgehead atoms. The fourth-order valence-corrected chi connectivity index (χ4v) is 3.70. The summed E-state index contributed by atoms with van der Waals surface area (Å²) in [7, 11) is 0. The number of primary amides is 1. The van der Waals surface area contributed by atoms with Crippen LogP contribution in [0, 0.1) is 0 Å². The summed E-state index contributed by atoms with van der Waals surface area (Å²) in [5.74, 6) is 0. The number of carbonyl (C=O) groups excluding carboxylic acids is 1. The Kier molecular flexibility index (Phi) is 5.87. The van der Waals surface area contributed by atoms with Gasteiger partial charge in [0.1, 0.15) is 0 Å². The van der Waals surface area contributed by atoms with Crippen molar-refractivity contribution in [3.8, 4) is 11.1 Å². The van der Waals surface area contributed by atoms with Crippen molar-refractivity contribution in [1.29, 1.82) is 0 Å². The molecule has 2 amide bonds. The first-order valence-corrected chi connectivity index (χ1v) is 9.39. The molecule has 1 atom stereocenters. The number of carbonyl (C=O) groups is 1. The van der Waals surface area contributed by atoms with E-state index in [9.17, 15) is 4.79 Å². The molecule has 132 valence electrons. The van der Waals surface area contributed by atoms with Crippen molar-refractivity contribution in [3.63, 3.8) is 0 Å². The van der Waals surface area contributed by atoms with Gasteiger partial charge in [0.05, 0.1) is 0 Å². The Bertz CT molecular complexity index is 882.